The Bertz CT molecular complexity index is 722. The molecule has 0 bridgehead atoms. The molecule has 1 N–H and O–H groups in total. The van der Waals surface area contributed by atoms with Gasteiger partial charge in [-0.1, -0.05) is 0 Å². The minimum absolute atomic E-state index is 0.286. The summed E-state index contributed by atoms with van der Waals surface area (Å²) in [5.74, 6) is 0.602. The lowest BCUT2D eigenvalue weighted by atomic mass is 10.4. The van der Waals surface area contributed by atoms with Gasteiger partial charge in [0.2, 0.25) is 5.95 Å². The normalized spacial score (nSPS) is 11.2. The monoisotopic (exact) mass is 265 g/mol. The molecule has 104 valence electrons. The second-order valence-electron chi connectivity index (χ2n) is 4.27. The predicted octanol–water partition coefficient (Wildman–Crippen LogP) is 0.368. The second kappa shape index (κ2) is 4.91. The fraction of sp³-hybridized carbons (Fsp3) is 0.583. The summed E-state index contributed by atoms with van der Waals surface area (Å²) in [6, 6.07) is 0. The maximum Gasteiger partial charge on any atom is 0.332 e. The van der Waals surface area contributed by atoms with E-state index in [1.165, 1.54) is 9.13 Å². The summed E-state index contributed by atoms with van der Waals surface area (Å²) in [5, 5.41) is 3.09. The highest BCUT2D eigenvalue weighted by Crippen LogP contribution is 2.13. The highest BCUT2D eigenvalue weighted by molar-refractivity contribution is 5.74. The number of rotatable bonds is 4. The van der Waals surface area contributed by atoms with Crippen LogP contribution in [0.25, 0.3) is 11.2 Å². The van der Waals surface area contributed by atoms with Crippen LogP contribution in [-0.4, -0.2) is 25.2 Å². The Morgan fingerprint density at radius 2 is 1.74 bits per heavy atom. The van der Waals surface area contributed by atoms with Gasteiger partial charge in [0.25, 0.3) is 5.56 Å². The third-order valence-corrected chi connectivity index (χ3v) is 3.21. The fourth-order valence-corrected chi connectivity index (χ4v) is 2.24. The molecule has 0 saturated heterocycles. The number of hydrogen-bond acceptors (Lipinski definition) is 4. The second-order valence-corrected chi connectivity index (χ2v) is 4.27. The average molecular weight is 265 g/mol. The summed E-state index contributed by atoms with van der Waals surface area (Å²) in [5.41, 5.74) is 0.315. The standard InChI is InChI=1S/C12H19N5O2/c1-5-13-11-14-9-8(15(11)4)10(18)17(7-3)12(19)16(9)6-2/h5-7H2,1-4H3,(H,13,14). The first-order valence-electron chi connectivity index (χ1n) is 6.50. The number of aromatic nitrogens is 4. The van der Waals surface area contributed by atoms with Crippen molar-refractivity contribution in [3.05, 3.63) is 20.8 Å². The molecule has 0 aliphatic rings. The van der Waals surface area contributed by atoms with Crippen molar-refractivity contribution in [2.24, 2.45) is 7.05 Å². The van der Waals surface area contributed by atoms with E-state index in [0.29, 0.717) is 36.7 Å². The van der Waals surface area contributed by atoms with Crippen LogP contribution in [-0.2, 0) is 20.1 Å². The van der Waals surface area contributed by atoms with Crippen molar-refractivity contribution in [2.75, 3.05) is 11.9 Å². The molecule has 2 aromatic heterocycles. The number of fused-ring (bicyclic) bond motifs is 1. The van der Waals surface area contributed by atoms with E-state index < -0.39 is 0 Å². The number of nitrogens with one attached hydrogen (secondary N) is 1. The Morgan fingerprint density at radius 1 is 1.11 bits per heavy atom. The van der Waals surface area contributed by atoms with E-state index in [9.17, 15) is 9.59 Å². The van der Waals surface area contributed by atoms with Crippen molar-refractivity contribution in [1.29, 1.82) is 0 Å². The van der Waals surface area contributed by atoms with E-state index in [4.69, 9.17) is 0 Å². The topological polar surface area (TPSA) is 73.8 Å². The van der Waals surface area contributed by atoms with Crippen molar-refractivity contribution in [2.45, 2.75) is 33.9 Å². The summed E-state index contributed by atoms with van der Waals surface area (Å²) in [4.78, 5) is 28.9. The lowest BCUT2D eigenvalue weighted by Crippen LogP contribution is -2.39. The number of imidazole rings is 1. The van der Waals surface area contributed by atoms with Crippen LogP contribution in [0, 0.1) is 0 Å². The van der Waals surface area contributed by atoms with Gasteiger partial charge in [0, 0.05) is 26.7 Å². The Hall–Kier alpha value is -2.05. The maximum atomic E-state index is 12.3. The van der Waals surface area contributed by atoms with E-state index in [0.717, 1.165) is 0 Å². The maximum absolute atomic E-state index is 12.3. The van der Waals surface area contributed by atoms with Gasteiger partial charge in [0.05, 0.1) is 0 Å². The number of nitrogens with zero attached hydrogens (tertiary/aromatic N) is 4. The summed E-state index contributed by atoms with van der Waals surface area (Å²) < 4.78 is 4.48. The van der Waals surface area contributed by atoms with Crippen LogP contribution in [0.4, 0.5) is 5.95 Å². The number of aryl methyl sites for hydroxylation is 2. The Kier molecular flexibility index (Phi) is 3.46. The first-order chi connectivity index (χ1) is 9.06. The summed E-state index contributed by atoms with van der Waals surface area (Å²) in [7, 11) is 1.78. The van der Waals surface area contributed by atoms with Gasteiger partial charge in [-0.2, -0.15) is 4.98 Å². The number of hydrogen-bond donors (Lipinski definition) is 1. The zero-order valence-corrected chi connectivity index (χ0v) is 11.7. The van der Waals surface area contributed by atoms with Crippen LogP contribution in [0.1, 0.15) is 20.8 Å². The van der Waals surface area contributed by atoms with Gasteiger partial charge in [-0.05, 0) is 20.8 Å². The van der Waals surface area contributed by atoms with E-state index in [1.54, 1.807) is 18.5 Å². The molecule has 0 unspecified atom stereocenters. The Balaban J connectivity index is 2.96. The van der Waals surface area contributed by atoms with Gasteiger partial charge >= 0.3 is 5.69 Å². The summed E-state index contributed by atoms with van der Waals surface area (Å²) in [6.45, 7) is 7.16. The fourth-order valence-electron chi connectivity index (χ4n) is 2.24. The van der Waals surface area contributed by atoms with Crippen molar-refractivity contribution < 1.29 is 0 Å². The van der Waals surface area contributed by atoms with E-state index >= 15 is 0 Å². The minimum atomic E-state index is -0.302. The van der Waals surface area contributed by atoms with E-state index in [2.05, 4.69) is 10.3 Å². The van der Waals surface area contributed by atoms with Crippen LogP contribution in [0.3, 0.4) is 0 Å². The largest absolute Gasteiger partial charge is 0.356 e. The average Bonchev–Trinajstić information content (AvgIpc) is 2.69. The third-order valence-electron chi connectivity index (χ3n) is 3.21. The Morgan fingerprint density at radius 3 is 2.26 bits per heavy atom. The zero-order valence-electron chi connectivity index (χ0n) is 11.7. The molecule has 2 heterocycles. The molecule has 2 aromatic rings. The first kappa shape index (κ1) is 13.4. The molecule has 0 fully saturated rings. The molecule has 0 saturated carbocycles. The van der Waals surface area contributed by atoms with Gasteiger partial charge in [0.15, 0.2) is 11.2 Å². The van der Waals surface area contributed by atoms with Crippen molar-refractivity contribution in [1.82, 2.24) is 18.7 Å². The zero-order chi connectivity index (χ0) is 14.2. The molecule has 0 radical (unpaired) electrons. The van der Waals surface area contributed by atoms with Crippen molar-refractivity contribution >= 4 is 17.1 Å². The van der Waals surface area contributed by atoms with E-state index in [-0.39, 0.29) is 11.2 Å². The van der Waals surface area contributed by atoms with Gasteiger partial charge in [-0.3, -0.25) is 13.9 Å². The highest BCUT2D eigenvalue weighted by Gasteiger charge is 2.18. The third kappa shape index (κ3) is 1.85. The molecule has 0 aromatic carbocycles. The SMILES string of the molecule is CCNc1nc2c(c(=O)n(CC)c(=O)n2CC)n1C. The molecular weight excluding hydrogens is 246 g/mol. The molecule has 19 heavy (non-hydrogen) atoms. The first-order valence-corrected chi connectivity index (χ1v) is 6.50. The van der Waals surface area contributed by atoms with Crippen LogP contribution in [0.5, 0.6) is 0 Å². The van der Waals surface area contributed by atoms with E-state index in [1.807, 2.05) is 13.8 Å². The Labute approximate surface area is 110 Å². The molecule has 2 rings (SSSR count). The molecule has 0 aliphatic carbocycles. The van der Waals surface area contributed by atoms with Gasteiger partial charge < -0.3 is 9.88 Å². The predicted molar refractivity (Wildman–Crippen MR) is 74.7 cm³/mol. The molecule has 7 heteroatoms. The highest BCUT2D eigenvalue weighted by atomic mass is 16.2. The van der Waals surface area contributed by atoms with Crippen molar-refractivity contribution in [3.63, 3.8) is 0 Å². The van der Waals surface area contributed by atoms with Crippen LogP contribution in [0.15, 0.2) is 9.59 Å². The summed E-state index contributed by atoms with van der Waals surface area (Å²) in [6.07, 6.45) is 0. The summed E-state index contributed by atoms with van der Waals surface area (Å²) >= 11 is 0. The molecule has 0 amide bonds. The molecule has 0 aliphatic heterocycles. The smallest absolute Gasteiger partial charge is 0.332 e. The molecule has 0 atom stereocenters. The molecular formula is C12H19N5O2. The quantitative estimate of drug-likeness (QED) is 0.866. The van der Waals surface area contributed by atoms with Crippen LogP contribution < -0.4 is 16.6 Å². The van der Waals surface area contributed by atoms with Gasteiger partial charge in [-0.25, -0.2) is 4.79 Å². The lowest BCUT2D eigenvalue weighted by Gasteiger charge is -2.08. The lowest BCUT2D eigenvalue weighted by molar-refractivity contribution is 0.604. The van der Waals surface area contributed by atoms with Crippen molar-refractivity contribution in [3.8, 4) is 0 Å². The minimum Gasteiger partial charge on any atom is -0.356 e. The molecule has 0 spiro atoms. The molecule has 7 nitrogen and oxygen atoms in total. The van der Waals surface area contributed by atoms with Crippen LogP contribution >= 0.6 is 0 Å². The van der Waals surface area contributed by atoms with Gasteiger partial charge in [-0.15, -0.1) is 0 Å². The van der Waals surface area contributed by atoms with Crippen LogP contribution in [0.2, 0.25) is 0 Å². The number of anilines is 1. The van der Waals surface area contributed by atoms with Gasteiger partial charge in [0.1, 0.15) is 0 Å².